The second-order valence-corrected chi connectivity index (χ2v) is 5.05. The average molecular weight is 166 g/mol. The minimum Gasteiger partial charge on any atom is -0.479 e. The first-order valence-corrected chi connectivity index (χ1v) is 5.51. The Labute approximate surface area is 63.4 Å². The van der Waals surface area contributed by atoms with Gasteiger partial charge in [-0.15, -0.1) is 0 Å². The minimum absolute atomic E-state index is 0.0811. The summed E-state index contributed by atoms with van der Waals surface area (Å²) in [5.74, 6) is -0.292. The first-order chi connectivity index (χ1) is 4.54. The number of carboxylic acid groups (broad SMARTS) is 1. The highest BCUT2D eigenvalue weighted by Crippen LogP contribution is 2.15. The molecule has 4 heteroatoms. The number of rotatable bonds is 4. The maximum Gasteiger partial charge on any atom is 0.332 e. The van der Waals surface area contributed by atoms with Crippen LogP contribution in [0.2, 0.25) is 0 Å². The molecule has 0 aliphatic carbocycles. The average Bonchev–Trinajstić information content (AvgIpc) is 1.82. The van der Waals surface area contributed by atoms with Crippen molar-refractivity contribution in [1.82, 2.24) is 0 Å². The van der Waals surface area contributed by atoms with Crippen molar-refractivity contribution in [3.63, 3.8) is 0 Å². The molecule has 0 fully saturated rings. The zero-order valence-corrected chi connectivity index (χ0v) is 7.14. The molecule has 0 saturated heterocycles. The van der Waals surface area contributed by atoms with Crippen LogP contribution in [0.4, 0.5) is 0 Å². The molecule has 3 nitrogen and oxygen atoms in total. The van der Waals surface area contributed by atoms with Crippen LogP contribution >= 0.6 is 10.9 Å². The van der Waals surface area contributed by atoms with Gasteiger partial charge in [0, 0.05) is 0 Å². The zero-order valence-electron chi connectivity index (χ0n) is 6.24. The zero-order chi connectivity index (χ0) is 8.15. The fraction of sp³-hybridized carbons (Fsp3) is 0.833. The van der Waals surface area contributed by atoms with E-state index in [1.807, 2.05) is 0 Å². The maximum atomic E-state index is 10.1. The molecule has 0 aromatic heterocycles. The van der Waals surface area contributed by atoms with Gasteiger partial charge in [-0.3, -0.25) is 10.9 Å². The predicted octanol–water partition coefficient (Wildman–Crippen LogP) is 0.0828. The highest BCUT2D eigenvalue weighted by Gasteiger charge is 2.11. The Hall–Kier alpha value is -0.220. The lowest BCUT2D eigenvalue weighted by Gasteiger charge is -2.09. The number of carbonyl (C=O) groups is 1. The molecule has 10 heavy (non-hydrogen) atoms. The molecule has 1 atom stereocenters. The fourth-order valence-electron chi connectivity index (χ4n) is 0.504. The van der Waals surface area contributed by atoms with Crippen molar-refractivity contribution in [2.24, 2.45) is 0 Å². The van der Waals surface area contributed by atoms with E-state index in [0.29, 0.717) is 6.42 Å². The molecule has 2 N–H and O–H groups in total. The Morgan fingerprint density at radius 1 is 1.60 bits per heavy atom. The molecule has 0 heterocycles. The first kappa shape index (κ1) is 9.78. The number of thiol groups is 1. The third-order valence-electron chi connectivity index (χ3n) is 1.13. The van der Waals surface area contributed by atoms with Gasteiger partial charge in [0.15, 0.2) is 6.10 Å². The lowest BCUT2D eigenvalue weighted by molar-refractivity contribution is -0.146. The Bertz CT molecular complexity index is 114. The van der Waals surface area contributed by atoms with Crippen LogP contribution in [0.1, 0.15) is 6.42 Å². The molecule has 0 radical (unpaired) electrons. The molecule has 0 aromatic rings. The van der Waals surface area contributed by atoms with Crippen LogP contribution in [0.15, 0.2) is 0 Å². The number of aliphatic carboxylic acids is 1. The summed E-state index contributed by atoms with van der Waals surface area (Å²) in [5.41, 5.74) is 0. The van der Waals surface area contributed by atoms with Crippen LogP contribution in [0, 0.1) is 0 Å². The van der Waals surface area contributed by atoms with Gasteiger partial charge in [0.05, 0.1) is 0 Å². The molecule has 0 saturated carbocycles. The number of carboxylic acids is 1. The van der Waals surface area contributed by atoms with Gasteiger partial charge < -0.3 is 10.2 Å². The summed E-state index contributed by atoms with van der Waals surface area (Å²) in [4.78, 5) is 10.1. The Morgan fingerprint density at radius 2 is 2.10 bits per heavy atom. The Morgan fingerprint density at radius 3 is 2.40 bits per heavy atom. The van der Waals surface area contributed by atoms with E-state index in [-0.39, 0.29) is 10.9 Å². The lowest BCUT2D eigenvalue weighted by Crippen LogP contribution is -2.20. The molecule has 0 aromatic carbocycles. The predicted molar refractivity (Wildman–Crippen MR) is 44.0 cm³/mol. The normalized spacial score (nSPS) is 14.5. The summed E-state index contributed by atoms with van der Waals surface area (Å²) in [6.45, 7) is 0. The van der Waals surface area contributed by atoms with E-state index in [9.17, 15) is 4.79 Å². The van der Waals surface area contributed by atoms with Crippen molar-refractivity contribution in [3.05, 3.63) is 0 Å². The largest absolute Gasteiger partial charge is 0.479 e. The molecule has 0 spiro atoms. The molecule has 0 rings (SSSR count). The van der Waals surface area contributed by atoms with Gasteiger partial charge in [0.2, 0.25) is 0 Å². The van der Waals surface area contributed by atoms with Crippen molar-refractivity contribution in [2.75, 3.05) is 18.3 Å². The molecule has 62 valence electrons. The van der Waals surface area contributed by atoms with Crippen LogP contribution in [-0.4, -0.2) is 40.6 Å². The molecule has 0 aliphatic rings. The Balaban J connectivity index is 3.40. The van der Waals surface area contributed by atoms with E-state index in [1.54, 1.807) is 0 Å². The van der Waals surface area contributed by atoms with Crippen LogP contribution < -0.4 is 0 Å². The molecular weight excluding hydrogens is 152 g/mol. The van der Waals surface area contributed by atoms with Gasteiger partial charge in [-0.05, 0) is 24.7 Å². The van der Waals surface area contributed by atoms with Crippen LogP contribution in [0.25, 0.3) is 0 Å². The van der Waals surface area contributed by atoms with E-state index in [1.165, 1.54) is 0 Å². The standard InChI is InChI=1S/C6H14O3S/c1-10(2)4-3-5(7)6(8)9/h5,7,10H,3-4H2,1-2H3,(H,8,9). The lowest BCUT2D eigenvalue weighted by atomic mass is 10.3. The van der Waals surface area contributed by atoms with Gasteiger partial charge >= 0.3 is 5.97 Å². The van der Waals surface area contributed by atoms with Crippen LogP contribution in [-0.2, 0) is 4.79 Å². The molecule has 0 amide bonds. The summed E-state index contributed by atoms with van der Waals surface area (Å²) in [6, 6.07) is 0. The van der Waals surface area contributed by atoms with Gasteiger partial charge in [-0.25, -0.2) is 4.79 Å². The smallest absolute Gasteiger partial charge is 0.332 e. The van der Waals surface area contributed by atoms with E-state index < -0.39 is 12.1 Å². The Kier molecular flexibility index (Phi) is 4.47. The van der Waals surface area contributed by atoms with Gasteiger partial charge in [0.1, 0.15) is 0 Å². The van der Waals surface area contributed by atoms with E-state index in [4.69, 9.17) is 10.2 Å². The summed E-state index contributed by atoms with van der Waals surface area (Å²) in [6.07, 6.45) is 3.34. The second-order valence-electron chi connectivity index (χ2n) is 2.45. The highest BCUT2D eigenvalue weighted by atomic mass is 32.2. The quantitative estimate of drug-likeness (QED) is 0.518. The summed E-state index contributed by atoms with van der Waals surface area (Å²) in [7, 11) is -0.0811. The molecular formula is C6H14O3S. The van der Waals surface area contributed by atoms with E-state index in [2.05, 4.69) is 12.5 Å². The van der Waals surface area contributed by atoms with Crippen molar-refractivity contribution >= 4 is 16.9 Å². The van der Waals surface area contributed by atoms with Crippen molar-refractivity contribution < 1.29 is 15.0 Å². The number of aliphatic hydroxyl groups is 1. The molecule has 1 unspecified atom stereocenters. The SMILES string of the molecule is C[SH](C)CCC(O)C(=O)O. The summed E-state index contributed by atoms with van der Waals surface area (Å²) in [5, 5.41) is 17.0. The van der Waals surface area contributed by atoms with Gasteiger partial charge in [-0.2, -0.15) is 0 Å². The van der Waals surface area contributed by atoms with E-state index in [0.717, 1.165) is 5.75 Å². The summed E-state index contributed by atoms with van der Waals surface area (Å²) >= 11 is 0. The van der Waals surface area contributed by atoms with Gasteiger partial charge in [-0.1, -0.05) is 0 Å². The van der Waals surface area contributed by atoms with Crippen molar-refractivity contribution in [2.45, 2.75) is 12.5 Å². The molecule has 0 aliphatic heterocycles. The van der Waals surface area contributed by atoms with Crippen molar-refractivity contribution in [1.29, 1.82) is 0 Å². The van der Waals surface area contributed by atoms with Gasteiger partial charge in [0.25, 0.3) is 0 Å². The van der Waals surface area contributed by atoms with Crippen LogP contribution in [0.5, 0.6) is 0 Å². The number of hydrogen-bond acceptors (Lipinski definition) is 2. The maximum absolute atomic E-state index is 10.1. The second kappa shape index (κ2) is 4.57. The monoisotopic (exact) mass is 166 g/mol. The fourth-order valence-corrected chi connectivity index (χ4v) is 1.26. The van der Waals surface area contributed by atoms with Crippen LogP contribution in [0.3, 0.4) is 0 Å². The first-order valence-electron chi connectivity index (χ1n) is 3.09. The third-order valence-corrected chi connectivity index (χ3v) is 2.29. The number of aliphatic hydroxyl groups excluding tert-OH is 1. The topological polar surface area (TPSA) is 57.5 Å². The molecule has 0 bridgehead atoms. The number of hydrogen-bond donors (Lipinski definition) is 3. The highest BCUT2D eigenvalue weighted by molar-refractivity contribution is 8.15. The third kappa shape index (κ3) is 4.64. The minimum atomic E-state index is -1.16. The van der Waals surface area contributed by atoms with Crippen molar-refractivity contribution in [3.8, 4) is 0 Å². The van der Waals surface area contributed by atoms with E-state index >= 15 is 0 Å². The summed E-state index contributed by atoms with van der Waals surface area (Å²) < 4.78 is 0.